The largest absolute Gasteiger partial charge is 0.457 e. The first-order chi connectivity index (χ1) is 16.1. The Hall–Kier alpha value is -3.60. The smallest absolute Gasteiger partial charge is 0.229 e. The van der Waals surface area contributed by atoms with Crippen LogP contribution in [0.15, 0.2) is 66.7 Å². The number of carbonyl (C=O) groups is 2. The topological polar surface area (TPSA) is 58.6 Å². The lowest BCUT2D eigenvalue weighted by Crippen LogP contribution is -2.28. The molecule has 1 saturated heterocycles. The fourth-order valence-electron chi connectivity index (χ4n) is 4.14. The van der Waals surface area contributed by atoms with Crippen molar-refractivity contribution in [2.75, 3.05) is 16.8 Å². The number of carbonyl (C=O) groups excluding carboxylic acids is 2. The minimum absolute atomic E-state index is 0.0184. The molecular weight excluding hydrogens is 424 g/mol. The Morgan fingerprint density at radius 2 is 1.56 bits per heavy atom. The third-order valence-electron chi connectivity index (χ3n) is 6.23. The van der Waals surface area contributed by atoms with Crippen LogP contribution in [-0.4, -0.2) is 18.4 Å². The first-order valence-corrected chi connectivity index (χ1v) is 11.7. The SMILES string of the molecule is Cc1ccc(C)c(N2C[C@H](C(=O)Nc3ccc(Oc4ccc(C(C)(C)C)cc4)cc3)CC2=O)c1. The van der Waals surface area contributed by atoms with E-state index in [4.69, 9.17) is 4.74 Å². The van der Waals surface area contributed by atoms with Gasteiger partial charge in [-0.3, -0.25) is 9.59 Å². The maximum Gasteiger partial charge on any atom is 0.229 e. The molecule has 1 N–H and O–H groups in total. The van der Waals surface area contributed by atoms with E-state index in [-0.39, 0.29) is 29.6 Å². The molecule has 3 aromatic rings. The minimum Gasteiger partial charge on any atom is -0.457 e. The molecule has 5 heteroatoms. The highest BCUT2D eigenvalue weighted by atomic mass is 16.5. The van der Waals surface area contributed by atoms with Crippen molar-refractivity contribution in [1.29, 1.82) is 0 Å². The number of hydrogen-bond donors (Lipinski definition) is 1. The van der Waals surface area contributed by atoms with Gasteiger partial charge < -0.3 is 15.0 Å². The molecule has 0 unspecified atom stereocenters. The number of hydrogen-bond acceptors (Lipinski definition) is 3. The lowest BCUT2D eigenvalue weighted by molar-refractivity contribution is -0.122. The summed E-state index contributed by atoms with van der Waals surface area (Å²) in [7, 11) is 0. The number of nitrogens with zero attached hydrogens (tertiary/aromatic N) is 1. The number of benzene rings is 3. The number of ether oxygens (including phenoxy) is 1. The van der Waals surface area contributed by atoms with Gasteiger partial charge in [-0.15, -0.1) is 0 Å². The van der Waals surface area contributed by atoms with Crippen LogP contribution in [0.25, 0.3) is 0 Å². The number of aryl methyl sites for hydroxylation is 2. The number of nitrogens with one attached hydrogen (secondary N) is 1. The van der Waals surface area contributed by atoms with Crippen LogP contribution < -0.4 is 15.0 Å². The normalized spacial score (nSPS) is 16.0. The summed E-state index contributed by atoms with van der Waals surface area (Å²) >= 11 is 0. The molecule has 4 rings (SSSR count). The zero-order valence-corrected chi connectivity index (χ0v) is 20.5. The summed E-state index contributed by atoms with van der Waals surface area (Å²) in [6.07, 6.45) is 0.213. The van der Waals surface area contributed by atoms with Crippen molar-refractivity contribution < 1.29 is 14.3 Å². The Bertz CT molecular complexity index is 1190. The molecule has 0 spiro atoms. The predicted molar refractivity (Wildman–Crippen MR) is 137 cm³/mol. The quantitative estimate of drug-likeness (QED) is 0.484. The number of anilines is 2. The Morgan fingerprint density at radius 1 is 0.941 bits per heavy atom. The van der Waals surface area contributed by atoms with E-state index in [1.54, 1.807) is 4.90 Å². The molecule has 0 aliphatic carbocycles. The van der Waals surface area contributed by atoms with E-state index in [1.165, 1.54) is 5.56 Å². The second-order valence-electron chi connectivity index (χ2n) is 10.1. The molecule has 5 nitrogen and oxygen atoms in total. The van der Waals surface area contributed by atoms with Gasteiger partial charge in [-0.05, 0) is 78.4 Å². The van der Waals surface area contributed by atoms with E-state index < -0.39 is 0 Å². The van der Waals surface area contributed by atoms with Crippen LogP contribution in [0.1, 0.15) is 43.9 Å². The van der Waals surface area contributed by atoms with E-state index in [1.807, 2.05) is 68.4 Å². The Kier molecular flexibility index (Phi) is 6.47. The van der Waals surface area contributed by atoms with Crippen LogP contribution in [0.2, 0.25) is 0 Å². The molecule has 1 atom stereocenters. The van der Waals surface area contributed by atoms with Gasteiger partial charge in [0.25, 0.3) is 0 Å². The molecule has 1 heterocycles. The molecular formula is C29H32N2O3. The van der Waals surface area contributed by atoms with Crippen LogP contribution in [0.5, 0.6) is 11.5 Å². The van der Waals surface area contributed by atoms with Gasteiger partial charge in [0, 0.05) is 24.3 Å². The van der Waals surface area contributed by atoms with E-state index in [0.717, 1.165) is 22.6 Å². The predicted octanol–water partition coefficient (Wildman–Crippen LogP) is 6.38. The highest BCUT2D eigenvalue weighted by molar-refractivity contribution is 6.03. The van der Waals surface area contributed by atoms with E-state index in [0.29, 0.717) is 18.0 Å². The van der Waals surface area contributed by atoms with Crippen molar-refractivity contribution in [2.24, 2.45) is 5.92 Å². The van der Waals surface area contributed by atoms with Crippen molar-refractivity contribution in [1.82, 2.24) is 0 Å². The summed E-state index contributed by atoms with van der Waals surface area (Å²) in [5, 5.41) is 2.94. The van der Waals surface area contributed by atoms with Crippen molar-refractivity contribution in [3.8, 4) is 11.5 Å². The molecule has 34 heavy (non-hydrogen) atoms. The minimum atomic E-state index is -0.385. The Morgan fingerprint density at radius 3 is 2.18 bits per heavy atom. The summed E-state index contributed by atoms with van der Waals surface area (Å²) < 4.78 is 5.94. The fourth-order valence-corrected chi connectivity index (χ4v) is 4.14. The van der Waals surface area contributed by atoms with Gasteiger partial charge in [0.05, 0.1) is 5.92 Å². The molecule has 1 aliphatic heterocycles. The third kappa shape index (κ3) is 5.30. The molecule has 3 aromatic carbocycles. The highest BCUT2D eigenvalue weighted by Crippen LogP contribution is 2.30. The maximum absolute atomic E-state index is 12.9. The van der Waals surface area contributed by atoms with Crippen LogP contribution in [0.3, 0.4) is 0 Å². The Balaban J connectivity index is 1.36. The lowest BCUT2D eigenvalue weighted by Gasteiger charge is -2.20. The third-order valence-corrected chi connectivity index (χ3v) is 6.23. The zero-order valence-electron chi connectivity index (χ0n) is 20.5. The molecule has 0 aromatic heterocycles. The van der Waals surface area contributed by atoms with Crippen molar-refractivity contribution in [3.05, 3.63) is 83.4 Å². The molecule has 1 fully saturated rings. The summed E-state index contributed by atoms with van der Waals surface area (Å²) in [4.78, 5) is 27.2. The number of rotatable bonds is 5. The zero-order chi connectivity index (χ0) is 24.5. The second kappa shape index (κ2) is 9.34. The first kappa shape index (κ1) is 23.6. The van der Waals surface area contributed by atoms with Gasteiger partial charge in [-0.1, -0.05) is 45.0 Å². The van der Waals surface area contributed by atoms with Gasteiger partial charge >= 0.3 is 0 Å². The lowest BCUT2D eigenvalue weighted by atomic mass is 9.87. The number of amides is 2. The van der Waals surface area contributed by atoms with Gasteiger partial charge in [0.1, 0.15) is 11.5 Å². The van der Waals surface area contributed by atoms with Crippen LogP contribution in [0.4, 0.5) is 11.4 Å². The summed E-state index contributed by atoms with van der Waals surface area (Å²) in [5.41, 5.74) is 5.03. The van der Waals surface area contributed by atoms with Gasteiger partial charge in [-0.2, -0.15) is 0 Å². The van der Waals surface area contributed by atoms with Gasteiger partial charge in [-0.25, -0.2) is 0 Å². The molecule has 1 aliphatic rings. The van der Waals surface area contributed by atoms with E-state index in [2.05, 4.69) is 38.2 Å². The summed E-state index contributed by atoms with van der Waals surface area (Å²) in [6, 6.07) is 21.4. The van der Waals surface area contributed by atoms with Gasteiger partial charge in [0.15, 0.2) is 0 Å². The summed E-state index contributed by atoms with van der Waals surface area (Å²) in [6.45, 7) is 10.9. The second-order valence-corrected chi connectivity index (χ2v) is 10.1. The van der Waals surface area contributed by atoms with E-state index in [9.17, 15) is 9.59 Å². The molecule has 0 saturated carbocycles. The molecule has 176 valence electrons. The average molecular weight is 457 g/mol. The monoisotopic (exact) mass is 456 g/mol. The van der Waals surface area contributed by atoms with E-state index >= 15 is 0 Å². The summed E-state index contributed by atoms with van der Waals surface area (Å²) in [5.74, 6) is 0.909. The van der Waals surface area contributed by atoms with Crippen LogP contribution in [0, 0.1) is 19.8 Å². The van der Waals surface area contributed by atoms with Crippen molar-refractivity contribution in [2.45, 2.75) is 46.5 Å². The highest BCUT2D eigenvalue weighted by Gasteiger charge is 2.35. The Labute approximate surface area is 201 Å². The van der Waals surface area contributed by atoms with Crippen molar-refractivity contribution >= 4 is 23.2 Å². The first-order valence-electron chi connectivity index (χ1n) is 11.7. The maximum atomic E-state index is 12.9. The fraction of sp³-hybridized carbons (Fsp3) is 0.310. The van der Waals surface area contributed by atoms with Crippen LogP contribution >= 0.6 is 0 Å². The van der Waals surface area contributed by atoms with Crippen molar-refractivity contribution in [3.63, 3.8) is 0 Å². The molecule has 2 amide bonds. The average Bonchev–Trinajstić information content (AvgIpc) is 3.18. The molecule has 0 bridgehead atoms. The van der Waals surface area contributed by atoms with Crippen LogP contribution in [-0.2, 0) is 15.0 Å². The van der Waals surface area contributed by atoms with Gasteiger partial charge in [0.2, 0.25) is 11.8 Å². The standard InChI is InChI=1S/C29H32N2O3/c1-19-6-7-20(2)26(16-19)31-18-21(17-27(31)32)28(33)30-23-10-14-25(15-11-23)34-24-12-8-22(9-13-24)29(3,4)5/h6-16,21H,17-18H2,1-5H3,(H,30,33)/t21-/m1/s1. The molecule has 0 radical (unpaired) electrons.